The van der Waals surface area contributed by atoms with Gasteiger partial charge in [0, 0.05) is 6.21 Å². The van der Waals surface area contributed by atoms with Crippen LogP contribution in [0.2, 0.25) is 18.1 Å². The van der Waals surface area contributed by atoms with E-state index in [1.165, 1.54) is 0 Å². The molecule has 3 nitrogen and oxygen atoms in total. The van der Waals surface area contributed by atoms with Crippen LogP contribution in [0.5, 0.6) is 0 Å². The van der Waals surface area contributed by atoms with Gasteiger partial charge in [0.25, 0.3) is 0 Å². The summed E-state index contributed by atoms with van der Waals surface area (Å²) < 4.78 is 22.7. The largest absolute Gasteiger partial charge is 0.405 e. The lowest BCUT2D eigenvalue weighted by Crippen LogP contribution is -2.42. The van der Waals surface area contributed by atoms with Gasteiger partial charge in [-0.25, -0.2) is 4.21 Å². The highest BCUT2D eigenvalue weighted by Gasteiger charge is 2.39. The van der Waals surface area contributed by atoms with Crippen molar-refractivity contribution in [2.45, 2.75) is 70.5 Å². The molecule has 0 N–H and O–H groups in total. The molecule has 0 heterocycles. The van der Waals surface area contributed by atoms with Gasteiger partial charge in [-0.2, -0.15) is 4.40 Å². The summed E-state index contributed by atoms with van der Waals surface area (Å²) in [6.07, 6.45) is 1.46. The van der Waals surface area contributed by atoms with Crippen LogP contribution in [-0.2, 0) is 15.4 Å². The lowest BCUT2D eigenvalue weighted by atomic mass is 10.1. The Kier molecular flexibility index (Phi) is 6.53. The number of benzene rings is 1. The van der Waals surface area contributed by atoms with Gasteiger partial charge in [0.2, 0.25) is 0 Å². The third-order valence-electron chi connectivity index (χ3n) is 4.17. The Hall–Kier alpha value is -0.783. The quantitative estimate of drug-likeness (QED) is 0.533. The van der Waals surface area contributed by atoms with Gasteiger partial charge in [-0.15, -0.1) is 0 Å². The molecule has 0 saturated heterocycles. The van der Waals surface area contributed by atoms with E-state index in [1.807, 2.05) is 51.1 Å². The highest BCUT2D eigenvalue weighted by atomic mass is 32.2. The van der Waals surface area contributed by atoms with Crippen molar-refractivity contribution in [3.05, 3.63) is 35.9 Å². The fourth-order valence-electron chi connectivity index (χ4n) is 1.59. The van der Waals surface area contributed by atoms with Crippen molar-refractivity contribution < 1.29 is 8.63 Å². The first-order chi connectivity index (χ1) is 10.3. The molecule has 5 heteroatoms. The van der Waals surface area contributed by atoms with E-state index in [4.69, 9.17) is 4.43 Å². The van der Waals surface area contributed by atoms with Crippen molar-refractivity contribution in [2.75, 3.05) is 0 Å². The Bertz CT molecular complexity index is 557. The molecule has 1 aromatic carbocycles. The highest BCUT2D eigenvalue weighted by molar-refractivity contribution is 7.85. The molecule has 1 rings (SSSR count). The van der Waals surface area contributed by atoms with E-state index in [2.05, 4.69) is 38.3 Å². The minimum absolute atomic E-state index is 0.108. The Morgan fingerprint density at radius 1 is 1.09 bits per heavy atom. The molecule has 0 aromatic heterocycles. The van der Waals surface area contributed by atoms with Crippen LogP contribution >= 0.6 is 0 Å². The Balaban J connectivity index is 3.10. The van der Waals surface area contributed by atoms with Crippen molar-refractivity contribution in [1.82, 2.24) is 0 Å². The van der Waals surface area contributed by atoms with Crippen LogP contribution in [0.1, 0.15) is 53.2 Å². The smallest absolute Gasteiger partial charge is 0.193 e. The van der Waals surface area contributed by atoms with Crippen LogP contribution in [0.3, 0.4) is 0 Å². The summed E-state index contributed by atoms with van der Waals surface area (Å²) in [5.74, 6) is 0. The minimum Gasteiger partial charge on any atom is -0.405 e. The number of nitrogens with zero attached hydrogens (tertiary/aromatic N) is 1. The Morgan fingerprint density at radius 2 is 1.61 bits per heavy atom. The molecule has 23 heavy (non-hydrogen) atoms. The summed E-state index contributed by atoms with van der Waals surface area (Å²) >= 11 is 0. The second-order valence-corrected chi connectivity index (χ2v) is 15.0. The minimum atomic E-state index is -1.96. The van der Waals surface area contributed by atoms with E-state index < -0.39 is 19.3 Å². The lowest BCUT2D eigenvalue weighted by Gasteiger charge is -2.38. The zero-order valence-corrected chi connectivity index (χ0v) is 17.5. The third kappa shape index (κ3) is 5.97. The molecular weight excluding hydrogens is 322 g/mol. The highest BCUT2D eigenvalue weighted by Crippen LogP contribution is 2.39. The first kappa shape index (κ1) is 20.3. The van der Waals surface area contributed by atoms with Gasteiger partial charge in [-0.1, -0.05) is 51.1 Å². The van der Waals surface area contributed by atoms with Crippen LogP contribution in [0.25, 0.3) is 0 Å². The number of hydrogen-bond acceptors (Lipinski definition) is 2. The van der Waals surface area contributed by atoms with Crippen molar-refractivity contribution >= 4 is 25.5 Å². The fraction of sp³-hybridized carbons (Fsp3) is 0.611. The second-order valence-electron chi connectivity index (χ2n) is 8.33. The Morgan fingerprint density at radius 3 is 2.04 bits per heavy atom. The summed E-state index contributed by atoms with van der Waals surface area (Å²) in [4.78, 5) is 0. The first-order valence-corrected chi connectivity index (χ1v) is 12.0. The average molecular weight is 354 g/mol. The summed E-state index contributed by atoms with van der Waals surface area (Å²) in [6.45, 7) is 16.9. The molecule has 0 unspecified atom stereocenters. The van der Waals surface area contributed by atoms with E-state index in [9.17, 15) is 4.21 Å². The van der Waals surface area contributed by atoms with Gasteiger partial charge in [-0.05, 0) is 44.5 Å². The molecular formula is C18H31NO2SSi. The SMILES string of the molecule is CC(C)(C)[S@](=O)/N=C/[C@H](O[Si](C)(C)C(C)(C)C)c1ccccc1. The van der Waals surface area contributed by atoms with E-state index in [0.717, 1.165) is 5.56 Å². The van der Waals surface area contributed by atoms with Crippen LogP contribution in [0.15, 0.2) is 34.7 Å². The van der Waals surface area contributed by atoms with Crippen LogP contribution in [0.4, 0.5) is 0 Å². The predicted octanol–water partition coefficient (Wildman–Crippen LogP) is 5.28. The number of rotatable bonds is 5. The summed E-state index contributed by atoms with van der Waals surface area (Å²) in [5, 5.41) is 0.108. The molecule has 0 bridgehead atoms. The molecule has 0 fully saturated rings. The molecule has 0 aliphatic carbocycles. The van der Waals surface area contributed by atoms with Crippen molar-refractivity contribution in [1.29, 1.82) is 0 Å². The number of hydrogen-bond donors (Lipinski definition) is 0. The van der Waals surface area contributed by atoms with Crippen LogP contribution < -0.4 is 0 Å². The molecule has 0 aliphatic rings. The zero-order chi connectivity index (χ0) is 17.9. The lowest BCUT2D eigenvalue weighted by molar-refractivity contribution is 0.251. The molecule has 0 amide bonds. The predicted molar refractivity (Wildman–Crippen MR) is 104 cm³/mol. The van der Waals surface area contributed by atoms with Crippen LogP contribution in [-0.4, -0.2) is 23.5 Å². The second kappa shape index (κ2) is 7.41. The standard InChI is InChI=1S/C18H31NO2SSi/c1-17(2,3)22(20)19-14-16(15-12-10-9-11-13-15)21-23(7,8)18(4,5)6/h9-14,16H,1-8H3/b19-14+/t16-,22-/m0/s1. The van der Waals surface area contributed by atoms with Gasteiger partial charge in [0.15, 0.2) is 8.32 Å². The summed E-state index contributed by atoms with van der Waals surface area (Å²) in [5.41, 5.74) is 1.05. The van der Waals surface area contributed by atoms with Crippen molar-refractivity contribution in [3.8, 4) is 0 Å². The third-order valence-corrected chi connectivity index (χ3v) is 9.99. The van der Waals surface area contributed by atoms with E-state index in [-0.39, 0.29) is 15.9 Å². The molecule has 0 spiro atoms. The van der Waals surface area contributed by atoms with E-state index in [0.29, 0.717) is 0 Å². The Labute approximate surface area is 145 Å². The normalized spacial score (nSPS) is 16.5. The first-order valence-electron chi connectivity index (χ1n) is 8.03. The molecule has 2 atom stereocenters. The summed E-state index contributed by atoms with van der Waals surface area (Å²) in [6, 6.07) is 10.0. The van der Waals surface area contributed by atoms with Gasteiger partial charge < -0.3 is 4.43 Å². The van der Waals surface area contributed by atoms with E-state index in [1.54, 1.807) is 6.21 Å². The van der Waals surface area contributed by atoms with Gasteiger partial charge in [0.05, 0.1) is 4.75 Å². The maximum absolute atomic E-state index is 12.2. The van der Waals surface area contributed by atoms with E-state index >= 15 is 0 Å². The van der Waals surface area contributed by atoms with Crippen LogP contribution in [0, 0.1) is 0 Å². The average Bonchev–Trinajstić information content (AvgIpc) is 2.41. The molecule has 0 radical (unpaired) electrons. The topological polar surface area (TPSA) is 38.7 Å². The zero-order valence-electron chi connectivity index (χ0n) is 15.7. The molecule has 130 valence electrons. The monoisotopic (exact) mass is 353 g/mol. The molecule has 1 aromatic rings. The van der Waals surface area contributed by atoms with Gasteiger partial charge in [0.1, 0.15) is 17.1 Å². The fourth-order valence-corrected chi connectivity index (χ4v) is 3.31. The van der Waals surface area contributed by atoms with Crippen molar-refractivity contribution in [2.24, 2.45) is 4.40 Å². The molecule has 0 saturated carbocycles. The van der Waals surface area contributed by atoms with Gasteiger partial charge >= 0.3 is 0 Å². The van der Waals surface area contributed by atoms with Gasteiger partial charge in [-0.3, -0.25) is 0 Å². The summed E-state index contributed by atoms with van der Waals surface area (Å²) in [7, 11) is -3.24. The maximum atomic E-state index is 12.2. The van der Waals surface area contributed by atoms with Crippen molar-refractivity contribution in [3.63, 3.8) is 0 Å². The maximum Gasteiger partial charge on any atom is 0.193 e. The molecule has 0 aliphatic heterocycles.